The van der Waals surface area contributed by atoms with Crippen molar-refractivity contribution in [3.63, 3.8) is 0 Å². The standard InChI is InChI=1S/C24H22ClF3N4O4.C19H21F2N3O5.C18H19F2N3O5/c1-10-16(19(33)21(35)31-23(22(36)29-2)8-24(27,28)9-23)18-13-5-11(13)7-32(18)17(10)20(34)30-12-3-4-15(26)14(25)6-12;1-8-11(13-10-4-9(10)5-24(13)12(8)16(27)29-3)14(25)15(26)23-18(17(28)22-2)6-19(20,21)7-18;1-7-10(12-9-3-8(9)4-23(12)11(7)15(26)27)13(24)14(25)22-17(16(28)21-2)5-18(19,20)6-17/h3-4,6,11,13H,5,7-9H2,1-2H3,(H,29,36)(H,30,34)(H,31,35);9-10H,4-7H2,1-3H3,(H,22,28)(H,23,26);8-9H,3-6H2,1-2H3,(H,21,28)(H,22,25)(H,26,27)/t11-,13-;9-,10-;8-,9-/m111/s1. The minimum atomic E-state index is -3.13. The molecule has 32 heteroatoms. The third kappa shape index (κ3) is 11.0. The van der Waals surface area contributed by atoms with E-state index in [1.807, 2.05) is 0 Å². The second-order valence-corrected chi connectivity index (χ2v) is 26.1. The summed E-state index contributed by atoms with van der Waals surface area (Å²) in [5, 5.41) is 25.3. The zero-order chi connectivity index (χ0) is 68.0. The lowest BCUT2D eigenvalue weighted by atomic mass is 9.72. The Morgan fingerprint density at radius 3 is 1.16 bits per heavy atom. The van der Waals surface area contributed by atoms with Crippen molar-refractivity contribution in [2.75, 3.05) is 33.6 Å². The summed E-state index contributed by atoms with van der Waals surface area (Å²) in [4.78, 5) is 151. The summed E-state index contributed by atoms with van der Waals surface area (Å²) in [5.74, 6) is -20.3. The average molecular weight is 1330 g/mol. The van der Waals surface area contributed by atoms with E-state index in [9.17, 15) is 93.4 Å². The molecular weight excluding hydrogens is 1270 g/mol. The Kier molecular flexibility index (Phi) is 15.8. The van der Waals surface area contributed by atoms with E-state index >= 15 is 0 Å². The van der Waals surface area contributed by atoms with Crippen LogP contribution in [0.3, 0.4) is 0 Å². The van der Waals surface area contributed by atoms with Gasteiger partial charge in [-0.15, -0.1) is 0 Å². The SMILES string of the molecule is CNC(=O)C1(NC(=O)C(=O)c2c(C)c(C(=O)Nc3ccc(F)c(Cl)c3)n3c2[C@@H]2C[C@@H]2C3)CC(F)(F)C1.CNC(=O)C1(NC(=O)C(=O)c2c(C)c(C(=O)O)n3c2[C@@H]2C[C@@H]2C3)CC(F)(F)C1.CNC(=O)C1(NC(=O)C(=O)c2c(C)c(C(=O)OC)n3c2[C@@H]2C[C@@H]2C3)CC(F)(F)C1. The van der Waals surface area contributed by atoms with Crippen LogP contribution in [0.4, 0.5) is 36.4 Å². The molecule has 6 heterocycles. The first-order chi connectivity index (χ1) is 43.4. The monoisotopic (exact) mass is 1330 g/mol. The van der Waals surface area contributed by atoms with Gasteiger partial charge in [-0.2, -0.15) is 0 Å². The number of Topliss-reactive ketones (excluding diaryl/α,β-unsaturated/α-hetero) is 3. The molecule has 9 aliphatic rings. The number of halogens is 8. The van der Waals surface area contributed by atoms with Crippen molar-refractivity contribution >= 4 is 87.9 Å². The zero-order valence-corrected chi connectivity index (χ0v) is 51.6. The number of nitrogens with one attached hydrogen (secondary N) is 7. The van der Waals surface area contributed by atoms with Crippen LogP contribution in [-0.4, -0.2) is 152 Å². The van der Waals surface area contributed by atoms with Gasteiger partial charge in [-0.05, 0) is 92.7 Å². The number of carboxylic acids is 1. The number of amides is 7. The van der Waals surface area contributed by atoms with E-state index in [1.54, 1.807) is 20.6 Å². The Morgan fingerprint density at radius 2 is 0.849 bits per heavy atom. The topological polar surface area (TPSA) is 333 Å². The second-order valence-electron chi connectivity index (χ2n) is 25.7. The number of anilines is 1. The molecule has 7 amide bonds. The third-order valence-corrected chi connectivity index (χ3v) is 19.7. The van der Waals surface area contributed by atoms with Crippen LogP contribution in [0.2, 0.25) is 5.02 Å². The lowest BCUT2D eigenvalue weighted by Gasteiger charge is -2.45. The molecule has 0 radical (unpaired) electrons. The maximum Gasteiger partial charge on any atom is 0.354 e. The van der Waals surface area contributed by atoms with Crippen molar-refractivity contribution < 1.29 is 98.1 Å². The number of benzene rings is 1. The molecule has 6 aliphatic carbocycles. The summed E-state index contributed by atoms with van der Waals surface area (Å²) < 4.78 is 104. The molecule has 3 aromatic heterocycles. The fourth-order valence-corrected chi connectivity index (χ4v) is 15.1. The smallest absolute Gasteiger partial charge is 0.354 e. The number of methoxy groups -OCH3 is 1. The number of aromatic nitrogens is 3. The molecule has 0 unspecified atom stereocenters. The van der Waals surface area contributed by atoms with Crippen LogP contribution in [0.25, 0.3) is 0 Å². The Hall–Kier alpha value is -8.90. The van der Waals surface area contributed by atoms with Crippen LogP contribution < -0.4 is 37.2 Å². The Morgan fingerprint density at radius 1 is 0.527 bits per heavy atom. The van der Waals surface area contributed by atoms with Crippen LogP contribution in [0.5, 0.6) is 0 Å². The molecule has 93 heavy (non-hydrogen) atoms. The maximum atomic E-state index is 13.6. The van der Waals surface area contributed by atoms with Gasteiger partial charge in [-0.1, -0.05) is 11.6 Å². The number of ether oxygens (including phenoxy) is 1. The lowest BCUT2D eigenvalue weighted by molar-refractivity contribution is -0.164. The van der Waals surface area contributed by atoms with Gasteiger partial charge in [0.1, 0.15) is 39.5 Å². The van der Waals surface area contributed by atoms with Crippen molar-refractivity contribution in [2.24, 2.45) is 17.8 Å². The predicted octanol–water partition coefficient (Wildman–Crippen LogP) is 4.91. The molecule has 6 atom stereocenters. The summed E-state index contributed by atoms with van der Waals surface area (Å²) in [6, 6.07) is 3.70. The highest BCUT2D eigenvalue weighted by atomic mass is 35.5. The number of alkyl halides is 6. The van der Waals surface area contributed by atoms with Gasteiger partial charge in [0.25, 0.3) is 58.7 Å². The summed E-state index contributed by atoms with van der Waals surface area (Å²) in [6.07, 6.45) is -2.87. The number of rotatable bonds is 16. The van der Waals surface area contributed by atoms with Crippen LogP contribution in [0.15, 0.2) is 18.2 Å². The number of nitrogens with zero attached hydrogens (tertiary/aromatic N) is 3. The predicted molar refractivity (Wildman–Crippen MR) is 308 cm³/mol. The molecule has 24 nitrogen and oxygen atoms in total. The van der Waals surface area contributed by atoms with Crippen LogP contribution in [0, 0.1) is 44.3 Å². The van der Waals surface area contributed by atoms with Crippen molar-refractivity contribution in [1.29, 1.82) is 0 Å². The molecule has 8 N–H and O–H groups in total. The van der Waals surface area contributed by atoms with Gasteiger partial charge >= 0.3 is 11.9 Å². The fourth-order valence-electron chi connectivity index (χ4n) is 14.9. The van der Waals surface area contributed by atoms with E-state index in [0.717, 1.165) is 25.3 Å². The molecule has 0 bridgehead atoms. The van der Waals surface area contributed by atoms with Crippen LogP contribution in [-0.2, 0) is 53.1 Å². The number of likely N-dealkylation sites (N-methyl/N-ethyl adjacent to an activating group) is 3. The number of hydrogen-bond donors (Lipinski definition) is 8. The van der Waals surface area contributed by atoms with Gasteiger partial charge < -0.3 is 60.8 Å². The molecule has 6 fully saturated rings. The summed E-state index contributed by atoms with van der Waals surface area (Å²) in [5.41, 5.74) is -2.35. The quantitative estimate of drug-likeness (QED) is 0.0320. The largest absolute Gasteiger partial charge is 0.477 e. The van der Waals surface area contributed by atoms with Crippen molar-refractivity contribution in [3.8, 4) is 0 Å². The van der Waals surface area contributed by atoms with E-state index in [1.165, 1.54) is 54.2 Å². The first-order valence-electron chi connectivity index (χ1n) is 29.6. The number of aromatic carboxylic acids is 1. The summed E-state index contributed by atoms with van der Waals surface area (Å²) in [7, 11) is 5.02. The first kappa shape index (κ1) is 65.6. The van der Waals surface area contributed by atoms with E-state index in [2.05, 4.69) is 37.2 Å². The number of carbonyl (C=O) groups excluding carboxylic acids is 11. The highest BCUT2D eigenvalue weighted by molar-refractivity contribution is 6.45. The highest BCUT2D eigenvalue weighted by Crippen LogP contribution is 2.59. The first-order valence-corrected chi connectivity index (χ1v) is 30.0. The highest BCUT2D eigenvalue weighted by Gasteiger charge is 2.65. The normalized spacial score (nSPS) is 23.8. The van der Waals surface area contributed by atoms with Gasteiger partial charge in [-0.25, -0.2) is 40.3 Å². The molecule has 13 rings (SSSR count). The maximum absolute atomic E-state index is 13.6. The number of hydrogen-bond acceptors (Lipinski definition) is 13. The fraction of sp³-hybridized carbons (Fsp3) is 0.508. The number of ketones is 3. The Bertz CT molecular complexity index is 4050. The van der Waals surface area contributed by atoms with Crippen LogP contribution >= 0.6 is 11.6 Å². The van der Waals surface area contributed by atoms with E-state index in [4.69, 9.17) is 16.3 Å². The third-order valence-electron chi connectivity index (χ3n) is 19.4. The van der Waals surface area contributed by atoms with E-state index in [-0.39, 0.29) is 85.2 Å². The molecule has 0 spiro atoms. The Balaban J connectivity index is 0.000000144. The van der Waals surface area contributed by atoms with Gasteiger partial charge in [0.05, 0.1) is 28.8 Å². The van der Waals surface area contributed by atoms with Crippen molar-refractivity contribution in [2.45, 2.75) is 150 Å². The van der Waals surface area contributed by atoms with Gasteiger partial charge in [-0.3, -0.25) is 47.9 Å². The van der Waals surface area contributed by atoms with E-state index < -0.39 is 149 Å². The summed E-state index contributed by atoms with van der Waals surface area (Å²) in [6.45, 7) is 6.07. The molecule has 1 aromatic carbocycles. The second kappa shape index (κ2) is 22.4. The zero-order valence-electron chi connectivity index (χ0n) is 50.8. The minimum absolute atomic E-state index is 0.00166. The van der Waals surface area contributed by atoms with Gasteiger partial charge in [0.2, 0.25) is 17.7 Å². The molecule has 496 valence electrons. The molecule has 3 aliphatic heterocycles. The number of esters is 1. The van der Waals surface area contributed by atoms with Crippen molar-refractivity contribution in [1.82, 2.24) is 45.6 Å². The Labute approximate surface area is 528 Å². The number of carboxylic acid groups (broad SMARTS) is 1. The molecular formula is C61H62ClF7N10O14. The number of carbonyl (C=O) groups is 12. The molecule has 0 saturated heterocycles. The molecule has 4 aromatic rings. The minimum Gasteiger partial charge on any atom is -0.477 e. The average Bonchev–Trinajstić information content (AvgIpc) is 1.60. The van der Waals surface area contributed by atoms with E-state index in [0.29, 0.717) is 48.2 Å². The van der Waals surface area contributed by atoms with Gasteiger partial charge in [0, 0.05) is 120 Å². The summed E-state index contributed by atoms with van der Waals surface area (Å²) >= 11 is 5.80. The van der Waals surface area contributed by atoms with Gasteiger partial charge in [0.15, 0.2) is 0 Å². The number of fused-ring (bicyclic) bond motifs is 9. The molecule has 6 saturated carbocycles. The van der Waals surface area contributed by atoms with Crippen LogP contribution in [0.1, 0.15) is 172 Å². The lowest BCUT2D eigenvalue weighted by Crippen LogP contribution is -2.69. The van der Waals surface area contributed by atoms with Crippen molar-refractivity contribution in [3.05, 3.63) is 96.6 Å².